The quantitative estimate of drug-likeness (QED) is 0.597. The summed E-state index contributed by atoms with van der Waals surface area (Å²) >= 11 is 6.11. The zero-order chi connectivity index (χ0) is 21.4. The summed E-state index contributed by atoms with van der Waals surface area (Å²) in [6, 6.07) is 11.8. The Hall–Kier alpha value is -2.83. The van der Waals surface area contributed by atoms with Crippen LogP contribution in [0.3, 0.4) is 0 Å². The number of rotatable bonds is 6. The molecule has 1 amide bonds. The lowest BCUT2D eigenvalue weighted by atomic mass is 9.98. The van der Waals surface area contributed by atoms with Crippen LogP contribution in [0.1, 0.15) is 34.1 Å². The number of hydrogen-bond acceptors (Lipinski definition) is 5. The monoisotopic (exact) mass is 426 g/mol. The number of carbonyl (C=O) groups is 1. The molecule has 2 heterocycles. The first-order valence-corrected chi connectivity index (χ1v) is 10.1. The van der Waals surface area contributed by atoms with Crippen molar-refractivity contribution in [2.75, 3.05) is 34.3 Å². The molecule has 0 bridgehead atoms. The fraction of sp³-hybridized carbons (Fsp3) is 0.304. The van der Waals surface area contributed by atoms with Crippen molar-refractivity contribution in [3.05, 3.63) is 74.6 Å². The van der Waals surface area contributed by atoms with Crippen LogP contribution in [0, 0.1) is 0 Å². The molecule has 1 aliphatic rings. The van der Waals surface area contributed by atoms with Crippen LogP contribution in [0.4, 0.5) is 0 Å². The zero-order valence-electron chi connectivity index (χ0n) is 17.1. The number of methoxy groups -OCH3 is 1. The highest BCUT2D eigenvalue weighted by molar-refractivity contribution is 6.31. The standard InChI is InChI=1S/C23H23ClN2O4/c1-25(2)11-4-12-26-20(14-5-8-16(29-3)9-6-14)19-21(27)17-13-15(24)7-10-18(17)30-22(19)23(26)28/h5-10,13,20H,4,11-12H2,1-3H3/t20-/m0/s1. The number of benzene rings is 2. The minimum absolute atomic E-state index is 0.112. The third-order valence-electron chi connectivity index (χ3n) is 5.36. The van der Waals surface area contributed by atoms with Gasteiger partial charge in [-0.3, -0.25) is 9.59 Å². The van der Waals surface area contributed by atoms with Crippen LogP contribution in [0.15, 0.2) is 51.7 Å². The zero-order valence-corrected chi connectivity index (χ0v) is 17.9. The van der Waals surface area contributed by atoms with Crippen LogP contribution < -0.4 is 10.2 Å². The Morgan fingerprint density at radius 3 is 2.53 bits per heavy atom. The fourth-order valence-electron chi connectivity index (χ4n) is 3.91. The lowest BCUT2D eigenvalue weighted by molar-refractivity contribution is 0.0722. The predicted molar refractivity (Wildman–Crippen MR) is 117 cm³/mol. The molecule has 1 aromatic heterocycles. The predicted octanol–water partition coefficient (Wildman–Crippen LogP) is 3.95. The average Bonchev–Trinajstić information content (AvgIpc) is 3.01. The molecule has 0 spiro atoms. The maximum absolute atomic E-state index is 13.4. The van der Waals surface area contributed by atoms with E-state index in [9.17, 15) is 9.59 Å². The number of carbonyl (C=O) groups excluding carboxylic acids is 1. The third kappa shape index (κ3) is 3.57. The normalized spacial score (nSPS) is 15.8. The molecule has 4 rings (SSSR count). The second-order valence-corrected chi connectivity index (χ2v) is 8.08. The van der Waals surface area contributed by atoms with Crippen molar-refractivity contribution in [2.45, 2.75) is 12.5 Å². The van der Waals surface area contributed by atoms with E-state index in [1.54, 1.807) is 30.2 Å². The summed E-state index contributed by atoms with van der Waals surface area (Å²) in [5.74, 6) is 0.554. The van der Waals surface area contributed by atoms with Crippen molar-refractivity contribution in [2.24, 2.45) is 0 Å². The van der Waals surface area contributed by atoms with Crippen LogP contribution in [0.2, 0.25) is 5.02 Å². The SMILES string of the molecule is COc1ccc([C@H]2c3c(oc4ccc(Cl)cc4c3=O)C(=O)N2CCCN(C)C)cc1. The van der Waals surface area contributed by atoms with E-state index in [0.717, 1.165) is 18.5 Å². The van der Waals surface area contributed by atoms with Gasteiger partial charge in [0, 0.05) is 11.6 Å². The van der Waals surface area contributed by atoms with Gasteiger partial charge in [-0.2, -0.15) is 0 Å². The number of ether oxygens (including phenoxy) is 1. The Kier molecular flexibility index (Phi) is 5.54. The minimum Gasteiger partial charge on any atom is -0.497 e. The molecule has 6 nitrogen and oxygen atoms in total. The van der Waals surface area contributed by atoms with Gasteiger partial charge in [0.1, 0.15) is 11.3 Å². The van der Waals surface area contributed by atoms with Crippen LogP contribution in [0.5, 0.6) is 5.75 Å². The molecule has 30 heavy (non-hydrogen) atoms. The van der Waals surface area contributed by atoms with E-state index in [1.165, 1.54) is 0 Å². The number of fused-ring (bicyclic) bond motifs is 2. The molecule has 1 atom stereocenters. The highest BCUT2D eigenvalue weighted by Gasteiger charge is 2.42. The molecule has 0 unspecified atom stereocenters. The summed E-state index contributed by atoms with van der Waals surface area (Å²) in [4.78, 5) is 30.5. The van der Waals surface area contributed by atoms with E-state index >= 15 is 0 Å². The summed E-state index contributed by atoms with van der Waals surface area (Å²) in [5, 5.41) is 0.825. The van der Waals surface area contributed by atoms with Gasteiger partial charge in [0.2, 0.25) is 5.76 Å². The molecular formula is C23H23ClN2O4. The molecule has 0 saturated heterocycles. The van der Waals surface area contributed by atoms with E-state index < -0.39 is 6.04 Å². The van der Waals surface area contributed by atoms with Crippen molar-refractivity contribution in [3.8, 4) is 5.75 Å². The number of halogens is 1. The summed E-state index contributed by atoms with van der Waals surface area (Å²) in [6.45, 7) is 1.34. The molecule has 156 valence electrons. The Balaban J connectivity index is 1.86. The topological polar surface area (TPSA) is 63.0 Å². The Labute approximate surface area is 179 Å². The van der Waals surface area contributed by atoms with E-state index in [0.29, 0.717) is 33.8 Å². The van der Waals surface area contributed by atoms with Crippen LogP contribution in [-0.4, -0.2) is 50.0 Å². The largest absolute Gasteiger partial charge is 0.497 e. The summed E-state index contributed by atoms with van der Waals surface area (Å²) in [6.07, 6.45) is 0.777. The van der Waals surface area contributed by atoms with Crippen molar-refractivity contribution >= 4 is 28.5 Å². The van der Waals surface area contributed by atoms with Crippen LogP contribution >= 0.6 is 11.6 Å². The second-order valence-electron chi connectivity index (χ2n) is 7.65. The van der Waals surface area contributed by atoms with E-state index in [1.807, 2.05) is 38.4 Å². The Morgan fingerprint density at radius 2 is 1.87 bits per heavy atom. The number of hydrogen-bond donors (Lipinski definition) is 0. The van der Waals surface area contributed by atoms with Gasteiger partial charge in [-0.1, -0.05) is 23.7 Å². The molecule has 2 aromatic carbocycles. The highest BCUT2D eigenvalue weighted by Crippen LogP contribution is 2.38. The van der Waals surface area contributed by atoms with E-state index in [4.69, 9.17) is 20.8 Å². The molecule has 0 radical (unpaired) electrons. The Morgan fingerprint density at radius 1 is 1.13 bits per heavy atom. The highest BCUT2D eigenvalue weighted by atomic mass is 35.5. The minimum atomic E-state index is -0.514. The summed E-state index contributed by atoms with van der Waals surface area (Å²) in [5.41, 5.74) is 1.34. The molecule has 0 saturated carbocycles. The lowest BCUT2D eigenvalue weighted by Crippen LogP contribution is -2.32. The van der Waals surface area contributed by atoms with Gasteiger partial charge >= 0.3 is 0 Å². The first-order chi connectivity index (χ1) is 14.4. The van der Waals surface area contributed by atoms with Crippen molar-refractivity contribution < 1.29 is 13.9 Å². The smallest absolute Gasteiger partial charge is 0.290 e. The van der Waals surface area contributed by atoms with E-state index in [2.05, 4.69) is 4.90 Å². The maximum Gasteiger partial charge on any atom is 0.290 e. The van der Waals surface area contributed by atoms with Gasteiger partial charge in [0.05, 0.1) is 24.1 Å². The van der Waals surface area contributed by atoms with Gasteiger partial charge in [-0.05, 0) is 63.0 Å². The first kappa shape index (κ1) is 20.4. The molecule has 1 aliphatic heterocycles. The van der Waals surface area contributed by atoms with Gasteiger partial charge in [0.25, 0.3) is 5.91 Å². The summed E-state index contributed by atoms with van der Waals surface area (Å²) in [7, 11) is 5.58. The number of nitrogens with zero attached hydrogens (tertiary/aromatic N) is 2. The molecular weight excluding hydrogens is 404 g/mol. The van der Waals surface area contributed by atoms with Gasteiger partial charge in [0.15, 0.2) is 5.43 Å². The molecule has 7 heteroatoms. The molecule has 3 aromatic rings. The average molecular weight is 427 g/mol. The van der Waals surface area contributed by atoms with Crippen molar-refractivity contribution in [1.29, 1.82) is 0 Å². The molecule has 0 fully saturated rings. The maximum atomic E-state index is 13.4. The Bertz CT molecular complexity index is 1150. The van der Waals surface area contributed by atoms with E-state index in [-0.39, 0.29) is 17.1 Å². The van der Waals surface area contributed by atoms with Crippen molar-refractivity contribution in [3.63, 3.8) is 0 Å². The van der Waals surface area contributed by atoms with Gasteiger partial charge < -0.3 is 19.0 Å². The fourth-order valence-corrected chi connectivity index (χ4v) is 4.09. The molecule has 0 N–H and O–H groups in total. The third-order valence-corrected chi connectivity index (χ3v) is 5.60. The van der Waals surface area contributed by atoms with Gasteiger partial charge in [-0.25, -0.2) is 0 Å². The van der Waals surface area contributed by atoms with Crippen LogP contribution in [-0.2, 0) is 0 Å². The number of amides is 1. The second kappa shape index (κ2) is 8.13. The summed E-state index contributed by atoms with van der Waals surface area (Å²) < 4.78 is 11.2. The van der Waals surface area contributed by atoms with Crippen molar-refractivity contribution in [1.82, 2.24) is 9.80 Å². The van der Waals surface area contributed by atoms with Gasteiger partial charge in [-0.15, -0.1) is 0 Å². The lowest BCUT2D eigenvalue weighted by Gasteiger charge is -2.25. The van der Waals surface area contributed by atoms with Crippen LogP contribution in [0.25, 0.3) is 11.0 Å². The molecule has 0 aliphatic carbocycles. The first-order valence-electron chi connectivity index (χ1n) is 9.76.